The Hall–Kier alpha value is 2.74. The molecule has 4 radical (unpaired) electrons. The number of hydrogen-bond acceptors (Lipinski definition) is 0. The Morgan fingerprint density at radius 3 is 1.12 bits per heavy atom. The number of aromatic nitrogens is 3. The van der Waals surface area contributed by atoms with Crippen LogP contribution in [0.25, 0.3) is 5.32 Å². The zero-order valence-electron chi connectivity index (χ0n) is 31.9. The van der Waals surface area contributed by atoms with E-state index in [1.165, 1.54) is 51.4 Å². The van der Waals surface area contributed by atoms with Crippen molar-refractivity contribution in [2.24, 2.45) is 31.8 Å². The van der Waals surface area contributed by atoms with E-state index in [-0.39, 0.29) is 131 Å². The molecule has 0 aliphatic carbocycles. The molecule has 0 saturated carbocycles. The van der Waals surface area contributed by atoms with Gasteiger partial charge < -0.3 is 5.32 Å². The quantitative estimate of drug-likeness (QED) is 0.182. The van der Waals surface area contributed by atoms with Crippen molar-refractivity contribution < 1.29 is 140 Å². The van der Waals surface area contributed by atoms with Crippen LogP contribution in [-0.4, -0.2) is 18.6 Å². The molecule has 0 atom stereocenters. The fraction of sp³-hybridized carbons (Fsp3) is 0.771. The summed E-state index contributed by atoms with van der Waals surface area (Å²) in [5.74, 6) is 2.65. The zero-order valence-corrected chi connectivity index (χ0v) is 43.2. The maximum absolute atomic E-state index is 4.01. The summed E-state index contributed by atoms with van der Waals surface area (Å²) in [4.78, 5) is 2.89. The van der Waals surface area contributed by atoms with Crippen LogP contribution in [0, 0.1) is 17.8 Å². The van der Waals surface area contributed by atoms with Crippen molar-refractivity contribution >= 4 is 0 Å². The number of pyridine rings is 1. The topological polar surface area (TPSA) is 37.6 Å². The van der Waals surface area contributed by atoms with Crippen molar-refractivity contribution in [1.29, 1.82) is 0 Å². The molecular formula is C35H75N4Y4+. The first-order valence-electron chi connectivity index (χ1n) is 16.0. The summed E-state index contributed by atoms with van der Waals surface area (Å²) in [6, 6.07) is 6.00. The van der Waals surface area contributed by atoms with Gasteiger partial charge in [-0.2, -0.15) is 7.05 Å². The van der Waals surface area contributed by atoms with E-state index in [9.17, 15) is 0 Å². The molecule has 1 N–H and O–H groups in total. The van der Waals surface area contributed by atoms with Crippen LogP contribution in [0.15, 0.2) is 49.3 Å². The Morgan fingerprint density at radius 1 is 0.581 bits per heavy atom. The fourth-order valence-electron chi connectivity index (χ4n) is 2.73. The smallest absolute Gasteiger partial charge is 0.241 e. The van der Waals surface area contributed by atoms with Crippen LogP contribution in [0.1, 0.15) is 134 Å². The van der Waals surface area contributed by atoms with Crippen LogP contribution in [0.3, 0.4) is 0 Å². The number of hydrogen-bond donors (Lipinski definition) is 1. The second-order valence-corrected chi connectivity index (χ2v) is 10.5. The molecule has 0 spiro atoms. The standard InChI is InChI=1S/C7H16N.2C7H16.C6H8N.C4H6N2.2C2H6.4Y/c1-7(2)5-4-6-8-3;2*1-4-5-6-7(2)3;1-7-5-3-2-4-6-7;1-6-3-2-5-4-6;2*1-2;;;;/h7H,4-6H2,1-3H3;2*7H,4-6H2,1-3H3;2-6H,1H3;2-4H,1H3;2*1-2H3;;;;/q-1;;;+1;;;;;;;/p+1. The first-order valence-corrected chi connectivity index (χ1v) is 16.0. The van der Waals surface area contributed by atoms with E-state index in [2.05, 4.69) is 65.7 Å². The number of unbranched alkanes of at least 4 members (excludes halogenated alkanes) is 2. The molecule has 4 nitrogen and oxygen atoms in total. The van der Waals surface area contributed by atoms with Gasteiger partial charge in [-0.25, -0.2) is 9.13 Å². The fourth-order valence-corrected chi connectivity index (χ4v) is 2.73. The monoisotopic (exact) mass is 907 g/mol. The number of aromatic amines is 1. The summed E-state index contributed by atoms with van der Waals surface area (Å²) < 4.78 is 3.94. The van der Waals surface area contributed by atoms with Gasteiger partial charge in [0.1, 0.15) is 19.4 Å². The predicted molar refractivity (Wildman–Crippen MR) is 179 cm³/mol. The summed E-state index contributed by atoms with van der Waals surface area (Å²) in [6.45, 7) is 27.1. The zero-order chi connectivity index (χ0) is 31.3. The Bertz CT molecular complexity index is 585. The first-order chi connectivity index (χ1) is 18.6. The van der Waals surface area contributed by atoms with Crippen molar-refractivity contribution in [1.82, 2.24) is 4.98 Å². The minimum Gasteiger partial charge on any atom is -0.665 e. The normalized spacial score (nSPS) is 8.23. The van der Waals surface area contributed by atoms with E-state index in [4.69, 9.17) is 0 Å². The van der Waals surface area contributed by atoms with Crippen molar-refractivity contribution in [3.05, 3.63) is 54.6 Å². The third kappa shape index (κ3) is 86.5. The minimum atomic E-state index is 0. The molecule has 0 aliphatic heterocycles. The van der Waals surface area contributed by atoms with E-state index in [0.29, 0.717) is 0 Å². The molecule has 0 aromatic carbocycles. The number of nitrogens with zero attached hydrogens (tertiary/aromatic N) is 3. The van der Waals surface area contributed by atoms with Crippen molar-refractivity contribution in [3.63, 3.8) is 0 Å². The number of rotatable bonds is 10. The number of H-pyrrole nitrogens is 1. The van der Waals surface area contributed by atoms with Crippen LogP contribution < -0.4 is 9.13 Å². The first kappa shape index (κ1) is 67.8. The van der Waals surface area contributed by atoms with Gasteiger partial charge in [0.2, 0.25) is 6.33 Å². The average Bonchev–Trinajstić information content (AvgIpc) is 3.41. The van der Waals surface area contributed by atoms with Gasteiger partial charge in [-0.05, 0) is 17.8 Å². The van der Waals surface area contributed by atoms with Crippen molar-refractivity contribution in [2.45, 2.75) is 134 Å². The van der Waals surface area contributed by atoms with Gasteiger partial charge in [-0.1, -0.05) is 141 Å². The molecule has 0 amide bonds. The molecule has 2 aromatic rings. The van der Waals surface area contributed by atoms with Gasteiger partial charge in [0.15, 0.2) is 12.4 Å². The van der Waals surface area contributed by atoms with E-state index in [1.54, 1.807) is 0 Å². The van der Waals surface area contributed by atoms with Gasteiger partial charge in [-0.15, -0.1) is 6.54 Å². The summed E-state index contributed by atoms with van der Waals surface area (Å²) >= 11 is 0. The molecule has 0 unspecified atom stereocenters. The molecule has 2 aromatic heterocycles. The molecule has 246 valence electrons. The van der Waals surface area contributed by atoms with Gasteiger partial charge >= 0.3 is 0 Å². The maximum atomic E-state index is 4.01. The third-order valence-corrected chi connectivity index (χ3v) is 4.98. The summed E-state index contributed by atoms with van der Waals surface area (Å²) in [5, 5.41) is 4.01. The second-order valence-electron chi connectivity index (χ2n) is 10.5. The third-order valence-electron chi connectivity index (χ3n) is 4.98. The van der Waals surface area contributed by atoms with Crippen molar-refractivity contribution in [3.8, 4) is 0 Å². The number of aryl methyl sites for hydroxylation is 2. The second kappa shape index (κ2) is 63.4. The van der Waals surface area contributed by atoms with E-state index < -0.39 is 0 Å². The summed E-state index contributed by atoms with van der Waals surface area (Å²) in [6.07, 6.45) is 20.6. The molecule has 43 heavy (non-hydrogen) atoms. The Balaban J connectivity index is -0.0000000456. The Kier molecular flexibility index (Phi) is 100. The van der Waals surface area contributed by atoms with Gasteiger partial charge in [0, 0.05) is 143 Å². The predicted octanol–water partition coefficient (Wildman–Crippen LogP) is 10.5. The molecule has 2 heterocycles. The summed E-state index contributed by atoms with van der Waals surface area (Å²) in [5.41, 5.74) is 0. The summed E-state index contributed by atoms with van der Waals surface area (Å²) in [7, 11) is 5.84. The molecule has 0 aliphatic rings. The largest absolute Gasteiger partial charge is 0.665 e. The van der Waals surface area contributed by atoms with E-state index in [1.807, 2.05) is 107 Å². The number of imidazole rings is 1. The van der Waals surface area contributed by atoms with Crippen LogP contribution >= 0.6 is 0 Å². The molecular weight excluding hydrogens is 832 g/mol. The molecule has 0 fully saturated rings. The Morgan fingerprint density at radius 2 is 0.953 bits per heavy atom. The van der Waals surface area contributed by atoms with Gasteiger partial charge in [0.05, 0.1) is 7.05 Å². The van der Waals surface area contributed by atoms with Crippen LogP contribution in [0.5, 0.6) is 0 Å². The molecule has 2 rings (SSSR count). The van der Waals surface area contributed by atoms with Crippen molar-refractivity contribution in [2.75, 3.05) is 13.6 Å². The van der Waals surface area contributed by atoms with Crippen LogP contribution in [0.2, 0.25) is 0 Å². The van der Waals surface area contributed by atoms with E-state index in [0.717, 1.165) is 24.3 Å². The number of nitrogens with one attached hydrogen (secondary N) is 1. The van der Waals surface area contributed by atoms with Gasteiger partial charge in [-0.3, -0.25) is 4.98 Å². The SMILES string of the molecule is CC.CC.CCCCC(C)C.CCCCC(C)C.C[N-]CCCC(C)C.C[n+]1cc[nH]c1.C[n+]1ccccc1.[Y].[Y].[Y].[Y]. The molecule has 0 saturated heterocycles. The van der Waals surface area contributed by atoms with Gasteiger partial charge in [0.25, 0.3) is 0 Å². The Labute approximate surface area is 374 Å². The van der Waals surface area contributed by atoms with E-state index >= 15 is 0 Å². The molecule has 8 heteroatoms. The van der Waals surface area contributed by atoms with Crippen LogP contribution in [-0.2, 0) is 145 Å². The maximum Gasteiger partial charge on any atom is 0.241 e. The average molecular weight is 908 g/mol. The molecule has 0 bridgehead atoms. The van der Waals surface area contributed by atoms with Crippen LogP contribution in [0.4, 0.5) is 0 Å². The minimum absolute atomic E-state index is 0.